The highest BCUT2D eigenvalue weighted by molar-refractivity contribution is 7.09. The first-order valence-corrected chi connectivity index (χ1v) is 7.03. The molecule has 1 N–H and O–H groups in total. The van der Waals surface area contributed by atoms with Crippen LogP contribution >= 0.6 is 23.7 Å². The number of aromatic nitrogens is 1. The van der Waals surface area contributed by atoms with Gasteiger partial charge in [-0.1, -0.05) is 0 Å². The monoisotopic (exact) mass is 273 g/mol. The van der Waals surface area contributed by atoms with Crippen molar-refractivity contribution in [2.24, 2.45) is 0 Å². The van der Waals surface area contributed by atoms with Crippen LogP contribution < -0.4 is 5.32 Å². The third-order valence-corrected chi connectivity index (χ3v) is 4.72. The zero-order valence-corrected chi connectivity index (χ0v) is 11.8. The number of piperidine rings is 1. The first kappa shape index (κ1) is 13.3. The van der Waals surface area contributed by atoms with Gasteiger partial charge < -0.3 is 5.32 Å². The molecule has 0 radical (unpaired) electrons. The molecule has 0 amide bonds. The van der Waals surface area contributed by atoms with Crippen LogP contribution in [0.3, 0.4) is 0 Å². The largest absolute Gasteiger partial charge is 0.311 e. The Kier molecular flexibility index (Phi) is 4.42. The molecule has 96 valence electrons. The van der Waals surface area contributed by atoms with Crippen LogP contribution in [0.25, 0.3) is 0 Å². The van der Waals surface area contributed by atoms with Gasteiger partial charge in [0.1, 0.15) is 0 Å². The van der Waals surface area contributed by atoms with Gasteiger partial charge in [-0.25, -0.2) is 0 Å². The molecule has 5 heteroatoms. The second-order valence-corrected chi connectivity index (χ2v) is 6.12. The molecule has 3 rings (SSSR count). The van der Waals surface area contributed by atoms with E-state index in [1.165, 1.54) is 30.6 Å². The van der Waals surface area contributed by atoms with Crippen molar-refractivity contribution in [3.63, 3.8) is 0 Å². The van der Waals surface area contributed by atoms with Gasteiger partial charge in [-0.05, 0) is 32.7 Å². The second-order valence-electron chi connectivity index (χ2n) is 5.15. The average Bonchev–Trinajstić information content (AvgIpc) is 2.89. The summed E-state index contributed by atoms with van der Waals surface area (Å²) in [7, 11) is 2.26. The molecule has 2 atom stereocenters. The summed E-state index contributed by atoms with van der Waals surface area (Å²) in [5.41, 5.74) is 1.93. The molecule has 0 saturated carbocycles. The fourth-order valence-electron chi connectivity index (χ4n) is 3.08. The van der Waals surface area contributed by atoms with E-state index in [1.54, 1.807) is 11.3 Å². The molecule has 1 aromatic heterocycles. The Morgan fingerprint density at radius 3 is 2.71 bits per heavy atom. The van der Waals surface area contributed by atoms with Crippen LogP contribution in [0.2, 0.25) is 0 Å². The highest BCUT2D eigenvalue weighted by Crippen LogP contribution is 2.29. The van der Waals surface area contributed by atoms with Crippen molar-refractivity contribution in [2.75, 3.05) is 7.05 Å². The summed E-state index contributed by atoms with van der Waals surface area (Å²) in [6, 6.07) is 2.33. The van der Waals surface area contributed by atoms with Crippen LogP contribution in [0.4, 0.5) is 0 Å². The van der Waals surface area contributed by atoms with Gasteiger partial charge in [0.25, 0.3) is 0 Å². The van der Waals surface area contributed by atoms with E-state index in [4.69, 9.17) is 0 Å². The van der Waals surface area contributed by atoms with Gasteiger partial charge >= 0.3 is 0 Å². The number of hydrogen-bond acceptors (Lipinski definition) is 4. The predicted molar refractivity (Wildman–Crippen MR) is 73.8 cm³/mol. The van der Waals surface area contributed by atoms with Crippen LogP contribution in [0.15, 0.2) is 11.7 Å². The van der Waals surface area contributed by atoms with Crippen molar-refractivity contribution < 1.29 is 0 Å². The summed E-state index contributed by atoms with van der Waals surface area (Å²) in [5, 5.41) is 3.70. The lowest BCUT2D eigenvalue weighted by molar-refractivity contribution is 0.167. The van der Waals surface area contributed by atoms with Gasteiger partial charge in [0.2, 0.25) is 0 Å². The van der Waals surface area contributed by atoms with Crippen LogP contribution in [0.5, 0.6) is 0 Å². The number of thiazole rings is 1. The maximum Gasteiger partial charge on any atom is 0.0794 e. The molecular weight excluding hydrogens is 254 g/mol. The molecule has 1 aromatic rings. The number of hydrogen-bond donors (Lipinski definition) is 1. The van der Waals surface area contributed by atoms with Gasteiger partial charge in [-0.2, -0.15) is 0 Å². The van der Waals surface area contributed by atoms with E-state index in [1.807, 2.05) is 11.7 Å². The van der Waals surface area contributed by atoms with E-state index < -0.39 is 0 Å². The summed E-state index contributed by atoms with van der Waals surface area (Å²) < 4.78 is 0. The molecule has 2 bridgehead atoms. The van der Waals surface area contributed by atoms with Crippen LogP contribution in [0.1, 0.15) is 30.6 Å². The van der Waals surface area contributed by atoms with E-state index in [0.29, 0.717) is 0 Å². The average molecular weight is 274 g/mol. The Bertz CT molecular complexity index is 332. The predicted octanol–water partition coefficient (Wildman–Crippen LogP) is 2.28. The Morgan fingerprint density at radius 2 is 2.12 bits per heavy atom. The van der Waals surface area contributed by atoms with Crippen molar-refractivity contribution in [3.8, 4) is 0 Å². The second kappa shape index (κ2) is 5.65. The smallest absolute Gasteiger partial charge is 0.0794 e. The van der Waals surface area contributed by atoms with E-state index in [2.05, 4.69) is 22.2 Å². The zero-order chi connectivity index (χ0) is 11.0. The van der Waals surface area contributed by atoms with E-state index in [9.17, 15) is 0 Å². The van der Waals surface area contributed by atoms with E-state index in [-0.39, 0.29) is 12.4 Å². The van der Waals surface area contributed by atoms with Gasteiger partial charge in [0.05, 0.1) is 5.51 Å². The van der Waals surface area contributed by atoms with Crippen molar-refractivity contribution in [1.29, 1.82) is 0 Å². The molecule has 0 aromatic carbocycles. The Morgan fingerprint density at radius 1 is 1.41 bits per heavy atom. The minimum absolute atomic E-state index is 0. The number of halogens is 1. The lowest BCUT2D eigenvalue weighted by atomic mass is 9.98. The molecule has 2 aliphatic heterocycles. The van der Waals surface area contributed by atoms with Crippen molar-refractivity contribution >= 4 is 23.7 Å². The van der Waals surface area contributed by atoms with Gasteiger partial charge in [-0.3, -0.25) is 9.88 Å². The van der Waals surface area contributed by atoms with Crippen LogP contribution in [-0.4, -0.2) is 35.1 Å². The Labute approximate surface area is 113 Å². The molecule has 17 heavy (non-hydrogen) atoms. The summed E-state index contributed by atoms with van der Waals surface area (Å²) in [6.07, 6.45) is 7.42. The molecule has 0 aliphatic carbocycles. The molecule has 2 unspecified atom stereocenters. The van der Waals surface area contributed by atoms with Gasteiger partial charge in [0, 0.05) is 35.7 Å². The molecule has 2 aliphatic rings. The van der Waals surface area contributed by atoms with Gasteiger partial charge in [-0.15, -0.1) is 23.7 Å². The quantitative estimate of drug-likeness (QED) is 0.916. The lowest BCUT2D eigenvalue weighted by Crippen LogP contribution is -2.46. The number of rotatable bonds is 3. The zero-order valence-electron chi connectivity index (χ0n) is 10.1. The van der Waals surface area contributed by atoms with Crippen LogP contribution in [0, 0.1) is 0 Å². The number of nitrogens with one attached hydrogen (secondary N) is 1. The number of fused-ring (bicyclic) bond motifs is 2. The molecule has 2 saturated heterocycles. The Balaban J connectivity index is 0.00000108. The molecule has 0 spiro atoms. The summed E-state index contributed by atoms with van der Waals surface area (Å²) in [4.78, 5) is 8.04. The molecule has 3 heterocycles. The van der Waals surface area contributed by atoms with Crippen molar-refractivity contribution in [3.05, 3.63) is 16.6 Å². The standard InChI is InChI=1S/C12H19N3S.ClH/c1-15(7-12-6-13-8-16-12)11-4-9-2-3-10(5-11)14-9;/h6,8-11,14H,2-5,7H2,1H3;1H. The Hall–Kier alpha value is -0.160. The van der Waals surface area contributed by atoms with E-state index in [0.717, 1.165) is 24.7 Å². The molecule has 3 nitrogen and oxygen atoms in total. The van der Waals surface area contributed by atoms with Crippen LogP contribution in [-0.2, 0) is 6.54 Å². The van der Waals surface area contributed by atoms with E-state index >= 15 is 0 Å². The fourth-order valence-corrected chi connectivity index (χ4v) is 3.74. The highest BCUT2D eigenvalue weighted by Gasteiger charge is 2.34. The topological polar surface area (TPSA) is 28.2 Å². The molecule has 2 fully saturated rings. The number of nitrogens with zero attached hydrogens (tertiary/aromatic N) is 2. The summed E-state index contributed by atoms with van der Waals surface area (Å²) in [6.45, 7) is 1.06. The third kappa shape index (κ3) is 2.99. The first-order valence-electron chi connectivity index (χ1n) is 6.15. The maximum atomic E-state index is 4.14. The lowest BCUT2D eigenvalue weighted by Gasteiger charge is -2.35. The SMILES string of the molecule is CN(Cc1cncs1)C1CC2CCC(C1)N2.Cl. The molecular formula is C12H20ClN3S. The third-order valence-electron chi connectivity index (χ3n) is 3.96. The fraction of sp³-hybridized carbons (Fsp3) is 0.750. The maximum absolute atomic E-state index is 4.14. The van der Waals surface area contributed by atoms with Crippen molar-refractivity contribution in [2.45, 2.75) is 50.4 Å². The first-order chi connectivity index (χ1) is 7.81. The minimum atomic E-state index is 0. The summed E-state index contributed by atoms with van der Waals surface area (Å²) in [5.74, 6) is 0. The summed E-state index contributed by atoms with van der Waals surface area (Å²) >= 11 is 1.76. The minimum Gasteiger partial charge on any atom is -0.311 e. The van der Waals surface area contributed by atoms with Crippen molar-refractivity contribution in [1.82, 2.24) is 15.2 Å². The normalized spacial score (nSPS) is 31.5. The highest BCUT2D eigenvalue weighted by atomic mass is 35.5. The van der Waals surface area contributed by atoms with Gasteiger partial charge in [0.15, 0.2) is 0 Å².